The van der Waals surface area contributed by atoms with E-state index in [1.165, 1.54) is 25.1 Å². The molecule has 0 fully saturated rings. The maximum atomic E-state index is 13.8. The Kier molecular flexibility index (Phi) is 5.40. The van der Waals surface area contributed by atoms with Crippen molar-refractivity contribution in [1.82, 2.24) is 4.98 Å². The number of nitrogens with zero attached hydrogens (tertiary/aromatic N) is 1. The van der Waals surface area contributed by atoms with Gasteiger partial charge in [0.2, 0.25) is 0 Å². The highest BCUT2D eigenvalue weighted by molar-refractivity contribution is 7.13. The summed E-state index contributed by atoms with van der Waals surface area (Å²) in [5.74, 6) is -2.49. The van der Waals surface area contributed by atoms with E-state index in [0.717, 1.165) is 18.2 Å². The number of rotatable bonds is 3. The molecule has 2 aromatic carbocycles. The van der Waals surface area contributed by atoms with E-state index in [1.54, 1.807) is 0 Å². The quantitative estimate of drug-likeness (QED) is 0.492. The van der Waals surface area contributed by atoms with E-state index in [-0.39, 0.29) is 26.8 Å². The van der Waals surface area contributed by atoms with Gasteiger partial charge in [-0.05, 0) is 42.8 Å². The molecule has 3 nitrogen and oxygen atoms in total. The maximum absolute atomic E-state index is 13.8. The number of thiazole rings is 1. The van der Waals surface area contributed by atoms with Crippen LogP contribution in [0.4, 0.5) is 27.6 Å². The molecule has 0 aliphatic heterocycles. The van der Waals surface area contributed by atoms with E-state index < -0.39 is 34.3 Å². The van der Waals surface area contributed by atoms with Crippen LogP contribution in [-0.2, 0) is 6.18 Å². The number of nitrogens with one attached hydrogen (secondary N) is 1. The molecule has 0 aliphatic rings. The molecule has 0 radical (unpaired) electrons. The molecular weight excluding hydrogens is 423 g/mol. The Morgan fingerprint density at radius 1 is 1.14 bits per heavy atom. The van der Waals surface area contributed by atoms with Crippen molar-refractivity contribution in [3.05, 3.63) is 68.6 Å². The molecule has 1 heterocycles. The molecule has 1 amide bonds. The molecule has 1 N–H and O–H groups in total. The average molecular weight is 433 g/mol. The van der Waals surface area contributed by atoms with E-state index in [1.807, 2.05) is 0 Å². The molecule has 0 saturated heterocycles. The molecule has 10 heteroatoms. The lowest BCUT2D eigenvalue weighted by Crippen LogP contribution is -2.17. The highest BCUT2D eigenvalue weighted by Crippen LogP contribution is 2.36. The van der Waals surface area contributed by atoms with Crippen LogP contribution in [0.1, 0.15) is 20.4 Å². The fourth-order valence-electron chi connectivity index (χ4n) is 2.48. The lowest BCUT2D eigenvalue weighted by Gasteiger charge is -2.12. The number of carbonyl (C=O) groups excluding carboxylic acids is 1. The van der Waals surface area contributed by atoms with Gasteiger partial charge >= 0.3 is 6.18 Å². The summed E-state index contributed by atoms with van der Waals surface area (Å²) in [6, 6.07) is 6.90. The van der Waals surface area contributed by atoms with Crippen molar-refractivity contribution in [2.45, 2.75) is 13.1 Å². The molecule has 0 saturated carbocycles. The van der Waals surface area contributed by atoms with E-state index in [4.69, 9.17) is 11.6 Å². The first-order chi connectivity index (χ1) is 13.1. The topological polar surface area (TPSA) is 42.0 Å². The summed E-state index contributed by atoms with van der Waals surface area (Å²) in [6.45, 7) is 1.34. The smallest absolute Gasteiger partial charge is 0.321 e. The lowest BCUT2D eigenvalue weighted by atomic mass is 10.0. The van der Waals surface area contributed by atoms with Gasteiger partial charge in [-0.3, -0.25) is 4.79 Å². The van der Waals surface area contributed by atoms with Crippen LogP contribution in [0, 0.1) is 18.6 Å². The third-order valence-corrected chi connectivity index (χ3v) is 4.95. The van der Waals surface area contributed by atoms with Crippen LogP contribution in [0.15, 0.2) is 36.4 Å². The number of hydrogen-bond acceptors (Lipinski definition) is 3. The van der Waals surface area contributed by atoms with Crippen LogP contribution in [0.25, 0.3) is 11.1 Å². The Morgan fingerprint density at radius 3 is 2.50 bits per heavy atom. The average Bonchev–Trinajstić information content (AvgIpc) is 3.01. The number of carbonyl (C=O) groups is 1. The van der Waals surface area contributed by atoms with Gasteiger partial charge in [-0.15, -0.1) is 11.3 Å². The second-order valence-electron chi connectivity index (χ2n) is 5.68. The van der Waals surface area contributed by atoms with Gasteiger partial charge in [0, 0.05) is 11.3 Å². The second kappa shape index (κ2) is 7.48. The van der Waals surface area contributed by atoms with E-state index >= 15 is 0 Å². The Hall–Kier alpha value is -2.52. The normalized spacial score (nSPS) is 11.5. The minimum atomic E-state index is -4.80. The van der Waals surface area contributed by atoms with Crippen LogP contribution in [0.5, 0.6) is 0 Å². The van der Waals surface area contributed by atoms with E-state index in [9.17, 15) is 26.7 Å². The predicted octanol–water partition coefficient (Wildman–Crippen LogP) is 6.32. The Morgan fingerprint density at radius 2 is 1.86 bits per heavy atom. The van der Waals surface area contributed by atoms with E-state index in [0.29, 0.717) is 11.3 Å². The summed E-state index contributed by atoms with van der Waals surface area (Å²) in [5.41, 5.74) is -1.02. The van der Waals surface area contributed by atoms with Crippen LogP contribution in [0.2, 0.25) is 5.02 Å². The van der Waals surface area contributed by atoms with Crippen molar-refractivity contribution in [2.24, 2.45) is 0 Å². The monoisotopic (exact) mass is 432 g/mol. The molecule has 146 valence electrons. The number of benzene rings is 2. The van der Waals surface area contributed by atoms with Crippen molar-refractivity contribution in [3.63, 3.8) is 0 Å². The first kappa shape index (κ1) is 20.2. The number of alkyl halides is 3. The zero-order valence-electron chi connectivity index (χ0n) is 14.0. The summed E-state index contributed by atoms with van der Waals surface area (Å²) in [7, 11) is 0. The fraction of sp³-hybridized carbons (Fsp3) is 0.111. The summed E-state index contributed by atoms with van der Waals surface area (Å²) in [6.07, 6.45) is -4.80. The van der Waals surface area contributed by atoms with Gasteiger partial charge in [-0.25, -0.2) is 13.8 Å². The largest absolute Gasteiger partial charge is 0.435 e. The minimum absolute atomic E-state index is 0.00676. The number of aryl methyl sites for hydroxylation is 1. The highest BCUT2D eigenvalue weighted by Gasteiger charge is 2.39. The fourth-order valence-corrected chi connectivity index (χ4v) is 3.43. The highest BCUT2D eigenvalue weighted by atomic mass is 35.5. The summed E-state index contributed by atoms with van der Waals surface area (Å²) >= 11 is 6.22. The number of amides is 1. The molecule has 1 aromatic heterocycles. The lowest BCUT2D eigenvalue weighted by molar-refractivity contribution is -0.141. The second-order valence-corrected chi connectivity index (χ2v) is 7.29. The Bertz CT molecular complexity index is 1060. The van der Waals surface area contributed by atoms with Gasteiger partial charge in [-0.1, -0.05) is 17.7 Å². The SMILES string of the molecule is Cc1nc(C(F)(F)F)c(C(=O)Nc2ccc(F)cc2-c2ccc(Cl)c(F)c2)s1. The molecule has 28 heavy (non-hydrogen) atoms. The standard InChI is InChI=1S/C18H10ClF5N2OS/c1-8-25-16(18(22,23)24)15(28-8)17(27)26-14-5-3-10(20)7-11(14)9-2-4-12(19)13(21)6-9/h2-7H,1H3,(H,26,27). The maximum Gasteiger partial charge on any atom is 0.435 e. The first-order valence-corrected chi connectivity index (χ1v) is 8.86. The van der Waals surface area contributed by atoms with Gasteiger partial charge in [0.25, 0.3) is 5.91 Å². The minimum Gasteiger partial charge on any atom is -0.321 e. The molecule has 3 rings (SSSR count). The molecule has 0 spiro atoms. The zero-order valence-corrected chi connectivity index (χ0v) is 15.6. The van der Waals surface area contributed by atoms with Gasteiger partial charge in [0.15, 0.2) is 5.69 Å². The van der Waals surface area contributed by atoms with Crippen LogP contribution >= 0.6 is 22.9 Å². The molecule has 0 unspecified atom stereocenters. The summed E-state index contributed by atoms with van der Waals surface area (Å²) < 4.78 is 66.8. The Balaban J connectivity index is 2.02. The number of aromatic nitrogens is 1. The first-order valence-electron chi connectivity index (χ1n) is 7.67. The molecular formula is C18H10ClF5N2OS. The van der Waals surface area contributed by atoms with Gasteiger partial charge in [0.05, 0.1) is 10.0 Å². The molecule has 0 aliphatic carbocycles. The van der Waals surface area contributed by atoms with Gasteiger partial charge in [-0.2, -0.15) is 13.2 Å². The summed E-state index contributed by atoms with van der Waals surface area (Å²) in [5, 5.41) is 2.24. The number of anilines is 1. The van der Waals surface area contributed by atoms with Gasteiger partial charge < -0.3 is 5.32 Å². The van der Waals surface area contributed by atoms with Crippen molar-refractivity contribution in [1.29, 1.82) is 0 Å². The van der Waals surface area contributed by atoms with Crippen molar-refractivity contribution < 1.29 is 26.7 Å². The van der Waals surface area contributed by atoms with Crippen LogP contribution in [0.3, 0.4) is 0 Å². The molecule has 0 bridgehead atoms. The van der Waals surface area contributed by atoms with Crippen molar-refractivity contribution >= 4 is 34.5 Å². The van der Waals surface area contributed by atoms with Gasteiger partial charge in [0.1, 0.15) is 16.5 Å². The zero-order chi connectivity index (χ0) is 20.6. The summed E-state index contributed by atoms with van der Waals surface area (Å²) in [4.78, 5) is 15.2. The van der Waals surface area contributed by atoms with E-state index in [2.05, 4.69) is 10.3 Å². The Labute approximate surface area is 164 Å². The molecule has 0 atom stereocenters. The van der Waals surface area contributed by atoms with Crippen molar-refractivity contribution in [3.8, 4) is 11.1 Å². The molecule has 3 aromatic rings. The van der Waals surface area contributed by atoms with Crippen LogP contribution < -0.4 is 5.32 Å². The third-order valence-electron chi connectivity index (χ3n) is 3.67. The number of halogens is 6. The van der Waals surface area contributed by atoms with Crippen LogP contribution in [-0.4, -0.2) is 10.9 Å². The predicted molar refractivity (Wildman–Crippen MR) is 96.6 cm³/mol. The number of hydrogen-bond donors (Lipinski definition) is 1. The van der Waals surface area contributed by atoms with Crippen molar-refractivity contribution in [2.75, 3.05) is 5.32 Å². The third kappa shape index (κ3) is 4.15.